The third kappa shape index (κ3) is 5.83. The van der Waals surface area contributed by atoms with Gasteiger partial charge in [0.1, 0.15) is 0 Å². The second-order valence-electron chi connectivity index (χ2n) is 9.62. The number of benzene rings is 1. The summed E-state index contributed by atoms with van der Waals surface area (Å²) in [7, 11) is 0. The van der Waals surface area contributed by atoms with Gasteiger partial charge in [0.25, 0.3) is 0 Å². The summed E-state index contributed by atoms with van der Waals surface area (Å²) in [5, 5.41) is 1.19. The molecule has 0 N–H and O–H groups in total. The lowest BCUT2D eigenvalue weighted by atomic mass is 10.0. The summed E-state index contributed by atoms with van der Waals surface area (Å²) in [6.45, 7) is 11.4. The van der Waals surface area contributed by atoms with Crippen molar-refractivity contribution in [2.45, 2.75) is 58.5 Å². The number of carbonyl (C=O) groups is 1. The Bertz CT molecular complexity index is 861. The molecule has 1 unspecified atom stereocenters. The molecule has 0 aliphatic carbocycles. The fraction of sp³-hybridized carbons (Fsp3) is 0.615. The number of rotatable bonds is 8. The molecule has 0 spiro atoms. The van der Waals surface area contributed by atoms with Crippen molar-refractivity contribution in [3.63, 3.8) is 0 Å². The van der Waals surface area contributed by atoms with E-state index in [1.165, 1.54) is 31.3 Å². The van der Waals surface area contributed by atoms with Crippen LogP contribution in [0.3, 0.4) is 0 Å². The quantitative estimate of drug-likeness (QED) is 0.640. The van der Waals surface area contributed by atoms with E-state index in [1.807, 2.05) is 19.9 Å². The van der Waals surface area contributed by atoms with Crippen LogP contribution in [0, 0.1) is 5.92 Å². The molecular weight excluding hydrogens is 384 g/mol. The lowest BCUT2D eigenvalue weighted by Gasteiger charge is -2.40. The number of fused-ring (bicyclic) bond motifs is 1. The number of nitrogens with zero attached hydrogens (tertiary/aromatic N) is 4. The van der Waals surface area contributed by atoms with Crippen molar-refractivity contribution in [2.75, 3.05) is 39.3 Å². The molecule has 168 valence electrons. The van der Waals surface area contributed by atoms with Gasteiger partial charge >= 0.3 is 0 Å². The lowest BCUT2D eigenvalue weighted by Crippen LogP contribution is -2.51. The van der Waals surface area contributed by atoms with Crippen molar-refractivity contribution in [3.8, 4) is 0 Å². The fourth-order valence-electron chi connectivity index (χ4n) is 5.13. The van der Waals surface area contributed by atoms with Gasteiger partial charge in [0, 0.05) is 37.0 Å². The van der Waals surface area contributed by atoms with E-state index in [1.54, 1.807) is 0 Å². The Kier molecular flexibility index (Phi) is 7.57. The van der Waals surface area contributed by atoms with Gasteiger partial charge in [-0.2, -0.15) is 0 Å². The van der Waals surface area contributed by atoms with E-state index in [4.69, 9.17) is 4.98 Å². The zero-order chi connectivity index (χ0) is 21.6. The minimum Gasteiger partial charge on any atom is -0.338 e. The minimum atomic E-state index is 0.0596. The van der Waals surface area contributed by atoms with Crippen molar-refractivity contribution in [3.05, 3.63) is 42.1 Å². The number of carbonyl (C=O) groups excluding carboxylic acids is 1. The molecule has 0 bridgehead atoms. The third-order valence-electron chi connectivity index (χ3n) is 6.81. The third-order valence-corrected chi connectivity index (χ3v) is 6.81. The number of para-hydroxylation sites is 1. The highest BCUT2D eigenvalue weighted by Crippen LogP contribution is 2.21. The first-order valence-corrected chi connectivity index (χ1v) is 12.2. The van der Waals surface area contributed by atoms with Crippen LogP contribution >= 0.6 is 0 Å². The van der Waals surface area contributed by atoms with Crippen LogP contribution in [-0.2, 0) is 11.3 Å². The van der Waals surface area contributed by atoms with Crippen LogP contribution in [0.5, 0.6) is 0 Å². The molecule has 2 fully saturated rings. The average molecular weight is 423 g/mol. The molecule has 1 amide bonds. The maximum atomic E-state index is 13.1. The summed E-state index contributed by atoms with van der Waals surface area (Å²) < 4.78 is 0. The van der Waals surface area contributed by atoms with Crippen LogP contribution in [0.2, 0.25) is 0 Å². The Morgan fingerprint density at radius 2 is 1.84 bits per heavy atom. The number of hydrogen-bond acceptors (Lipinski definition) is 4. The zero-order valence-electron chi connectivity index (χ0n) is 19.3. The minimum absolute atomic E-state index is 0.0596. The first-order chi connectivity index (χ1) is 15.1. The Hall–Kier alpha value is -1.98. The summed E-state index contributed by atoms with van der Waals surface area (Å²) in [6, 6.07) is 13.0. The number of aromatic nitrogens is 1. The van der Waals surface area contributed by atoms with E-state index >= 15 is 0 Å². The van der Waals surface area contributed by atoms with Crippen molar-refractivity contribution < 1.29 is 4.79 Å². The standard InChI is InChI=1S/C26H38N4O/c1-21(2)26(31)30(18-8-17-28-14-5-6-15-28)24-10-7-16-29(20-24)19-23-13-12-22-9-3-4-11-25(22)27-23/h3-4,9,11-13,21,24H,5-8,10,14-20H2,1-2H3. The van der Waals surface area contributed by atoms with E-state index in [9.17, 15) is 4.79 Å². The lowest BCUT2D eigenvalue weighted by molar-refractivity contribution is -0.138. The van der Waals surface area contributed by atoms with Crippen LogP contribution in [0.4, 0.5) is 0 Å². The topological polar surface area (TPSA) is 39.7 Å². The molecule has 3 heterocycles. The summed E-state index contributed by atoms with van der Waals surface area (Å²) >= 11 is 0. The van der Waals surface area contributed by atoms with Crippen LogP contribution in [0.15, 0.2) is 36.4 Å². The van der Waals surface area contributed by atoms with Crippen LogP contribution in [-0.4, -0.2) is 70.9 Å². The first-order valence-electron chi connectivity index (χ1n) is 12.2. The smallest absolute Gasteiger partial charge is 0.225 e. The van der Waals surface area contributed by atoms with Gasteiger partial charge in [-0.05, 0) is 70.4 Å². The second kappa shape index (κ2) is 10.6. The zero-order valence-corrected chi connectivity index (χ0v) is 19.3. The predicted octanol–water partition coefficient (Wildman–Crippen LogP) is 4.17. The van der Waals surface area contributed by atoms with Crippen molar-refractivity contribution in [1.82, 2.24) is 19.7 Å². The summed E-state index contributed by atoms with van der Waals surface area (Å²) in [6.07, 6.45) is 6.00. The highest BCUT2D eigenvalue weighted by atomic mass is 16.2. The van der Waals surface area contributed by atoms with Crippen molar-refractivity contribution >= 4 is 16.8 Å². The molecule has 5 nitrogen and oxygen atoms in total. The SMILES string of the molecule is CC(C)C(=O)N(CCCN1CCCC1)C1CCCN(Cc2ccc3ccccc3n2)C1. The van der Waals surface area contributed by atoms with Gasteiger partial charge in [-0.3, -0.25) is 14.7 Å². The van der Waals surface area contributed by atoms with Gasteiger partial charge in [-0.25, -0.2) is 0 Å². The highest BCUT2D eigenvalue weighted by Gasteiger charge is 2.30. The van der Waals surface area contributed by atoms with Gasteiger partial charge in [0.2, 0.25) is 5.91 Å². The number of likely N-dealkylation sites (tertiary alicyclic amines) is 2. The van der Waals surface area contributed by atoms with Crippen LogP contribution in [0.25, 0.3) is 10.9 Å². The van der Waals surface area contributed by atoms with Gasteiger partial charge in [0.15, 0.2) is 0 Å². The Labute approximate surface area is 187 Å². The monoisotopic (exact) mass is 422 g/mol. The molecule has 0 saturated carbocycles. The van der Waals surface area contributed by atoms with Gasteiger partial charge in [-0.15, -0.1) is 0 Å². The maximum absolute atomic E-state index is 13.1. The van der Waals surface area contributed by atoms with Gasteiger partial charge in [0.05, 0.1) is 11.2 Å². The van der Waals surface area contributed by atoms with E-state index in [-0.39, 0.29) is 5.92 Å². The number of amides is 1. The maximum Gasteiger partial charge on any atom is 0.225 e. The largest absolute Gasteiger partial charge is 0.338 e. The molecule has 1 atom stereocenters. The molecule has 4 rings (SSSR count). The number of hydrogen-bond donors (Lipinski definition) is 0. The van der Waals surface area contributed by atoms with Gasteiger partial charge < -0.3 is 9.80 Å². The van der Waals surface area contributed by atoms with Crippen LogP contribution in [0.1, 0.15) is 51.6 Å². The average Bonchev–Trinajstić information content (AvgIpc) is 3.30. The summed E-state index contributed by atoms with van der Waals surface area (Å²) in [5.41, 5.74) is 2.18. The molecule has 5 heteroatoms. The van der Waals surface area contributed by atoms with Crippen LogP contribution < -0.4 is 0 Å². The highest BCUT2D eigenvalue weighted by molar-refractivity contribution is 5.79. The normalized spacial score (nSPS) is 20.5. The molecular formula is C26H38N4O. The summed E-state index contributed by atoms with van der Waals surface area (Å²) in [4.78, 5) is 25.2. The Morgan fingerprint density at radius 3 is 2.65 bits per heavy atom. The van der Waals surface area contributed by atoms with Crippen molar-refractivity contribution in [2.24, 2.45) is 5.92 Å². The molecule has 31 heavy (non-hydrogen) atoms. The first kappa shape index (κ1) is 22.2. The number of pyridine rings is 1. The number of piperidine rings is 1. The van der Waals surface area contributed by atoms with E-state index in [0.717, 1.165) is 63.2 Å². The molecule has 2 saturated heterocycles. The van der Waals surface area contributed by atoms with E-state index < -0.39 is 0 Å². The second-order valence-corrected chi connectivity index (χ2v) is 9.62. The molecule has 0 radical (unpaired) electrons. The van der Waals surface area contributed by atoms with Crippen molar-refractivity contribution in [1.29, 1.82) is 0 Å². The molecule has 2 aliphatic heterocycles. The molecule has 1 aromatic heterocycles. The van der Waals surface area contributed by atoms with Gasteiger partial charge in [-0.1, -0.05) is 38.1 Å². The predicted molar refractivity (Wildman–Crippen MR) is 127 cm³/mol. The fourth-order valence-corrected chi connectivity index (χ4v) is 5.13. The molecule has 2 aromatic rings. The molecule has 2 aliphatic rings. The Balaban J connectivity index is 1.38. The van der Waals surface area contributed by atoms with E-state index in [0.29, 0.717) is 11.9 Å². The Morgan fingerprint density at radius 1 is 1.06 bits per heavy atom. The summed E-state index contributed by atoms with van der Waals surface area (Å²) in [5.74, 6) is 0.376. The van der Waals surface area contributed by atoms with E-state index in [2.05, 4.69) is 45.0 Å². The molecule has 1 aromatic carbocycles.